The lowest BCUT2D eigenvalue weighted by Crippen LogP contribution is -2.45. The molecule has 0 unspecified atom stereocenters. The Morgan fingerprint density at radius 1 is 1.18 bits per heavy atom. The fourth-order valence-corrected chi connectivity index (χ4v) is 5.29. The molecule has 4 rings (SSSR count). The number of thiophene rings is 1. The monoisotopic (exact) mass is 487 g/mol. The number of nitrogens with zero attached hydrogens (tertiary/aromatic N) is 2. The first-order valence-corrected chi connectivity index (χ1v) is 11.3. The maximum Gasteiger partial charge on any atom is 0.269 e. The molecule has 0 saturated carbocycles. The van der Waals surface area contributed by atoms with Crippen LogP contribution in [0.3, 0.4) is 0 Å². The van der Waals surface area contributed by atoms with E-state index < -0.39 is 4.92 Å². The molecule has 0 spiro atoms. The lowest BCUT2D eigenvalue weighted by atomic mass is 9.91. The number of non-ortho nitro benzene ring substituents is 1. The molecule has 2 aromatic carbocycles. The second-order valence-electron chi connectivity index (χ2n) is 7.84. The predicted molar refractivity (Wildman–Crippen MR) is 132 cm³/mol. The number of methoxy groups -OCH3 is 1. The summed E-state index contributed by atoms with van der Waals surface area (Å²) in [6, 6.07) is 16.5. The Morgan fingerprint density at radius 3 is 2.52 bits per heavy atom. The zero-order valence-electron chi connectivity index (χ0n) is 18.4. The van der Waals surface area contributed by atoms with Gasteiger partial charge in [0.05, 0.1) is 18.1 Å². The summed E-state index contributed by atoms with van der Waals surface area (Å²) in [5, 5.41) is 15.9. The summed E-state index contributed by atoms with van der Waals surface area (Å²) in [7, 11) is 1.66. The van der Waals surface area contributed by atoms with Gasteiger partial charge in [0, 0.05) is 41.7 Å². The lowest BCUT2D eigenvalue weighted by molar-refractivity contribution is -0.384. The molecule has 2 atom stereocenters. The first-order valence-electron chi connectivity index (χ1n) is 10.5. The molecular weight excluding hydrogens is 462 g/mol. The van der Waals surface area contributed by atoms with Crippen molar-refractivity contribution >= 4 is 35.3 Å². The fourth-order valence-electron chi connectivity index (χ4n) is 4.21. The Labute approximate surface area is 202 Å². The average Bonchev–Trinajstić information content (AvgIpc) is 3.27. The topological polar surface area (TPSA) is 84.7 Å². The number of nitro groups is 1. The van der Waals surface area contributed by atoms with E-state index in [9.17, 15) is 14.9 Å². The van der Waals surface area contributed by atoms with Crippen molar-refractivity contribution in [1.82, 2.24) is 10.2 Å². The van der Waals surface area contributed by atoms with Gasteiger partial charge in [-0.05, 0) is 60.2 Å². The molecule has 3 aromatic rings. The molecule has 0 fully saturated rings. The highest BCUT2D eigenvalue weighted by Crippen LogP contribution is 2.40. The number of halogens is 1. The van der Waals surface area contributed by atoms with Crippen molar-refractivity contribution < 1.29 is 14.5 Å². The standard InChI is InChI=1S/C24H25N3O4S.ClH/c1-16-15-19-11-14-32-23(19)22(17-5-9-21(31-2)10-6-17)26(16)13-12-25-24(28)18-3-7-20(8-4-18)27(29)30;/h3-11,14,16,22H,12-13,15H2,1-2H3,(H,25,28);1H/t16-,22-;/m1./s1. The van der Waals surface area contributed by atoms with Gasteiger partial charge in [0.1, 0.15) is 5.75 Å². The van der Waals surface area contributed by atoms with E-state index in [1.807, 2.05) is 12.1 Å². The van der Waals surface area contributed by atoms with Crippen LogP contribution >= 0.6 is 23.7 Å². The molecule has 1 amide bonds. The summed E-state index contributed by atoms with van der Waals surface area (Å²) in [6.45, 7) is 3.39. The molecule has 1 aromatic heterocycles. The highest BCUT2D eigenvalue weighted by Gasteiger charge is 2.34. The maximum absolute atomic E-state index is 12.5. The summed E-state index contributed by atoms with van der Waals surface area (Å²) in [6.07, 6.45) is 0.974. The highest BCUT2D eigenvalue weighted by atomic mass is 35.5. The van der Waals surface area contributed by atoms with Gasteiger partial charge in [-0.15, -0.1) is 23.7 Å². The Bertz CT molecular complexity index is 1100. The third-order valence-electron chi connectivity index (χ3n) is 5.87. The molecule has 1 aliphatic heterocycles. The van der Waals surface area contributed by atoms with Gasteiger partial charge in [-0.25, -0.2) is 0 Å². The second kappa shape index (κ2) is 10.8. The van der Waals surface area contributed by atoms with E-state index in [0.29, 0.717) is 24.7 Å². The van der Waals surface area contributed by atoms with E-state index in [-0.39, 0.29) is 30.0 Å². The molecule has 33 heavy (non-hydrogen) atoms. The second-order valence-corrected chi connectivity index (χ2v) is 8.78. The minimum atomic E-state index is -0.475. The van der Waals surface area contributed by atoms with Crippen molar-refractivity contribution in [3.8, 4) is 5.75 Å². The van der Waals surface area contributed by atoms with Gasteiger partial charge in [0.25, 0.3) is 11.6 Å². The first kappa shape index (κ1) is 24.7. The van der Waals surface area contributed by atoms with Gasteiger partial charge < -0.3 is 10.1 Å². The molecule has 1 N–H and O–H groups in total. The zero-order chi connectivity index (χ0) is 22.7. The number of amides is 1. The van der Waals surface area contributed by atoms with Gasteiger partial charge in [-0.3, -0.25) is 19.8 Å². The van der Waals surface area contributed by atoms with Gasteiger partial charge in [0.2, 0.25) is 0 Å². The van der Waals surface area contributed by atoms with Gasteiger partial charge in [-0.1, -0.05) is 12.1 Å². The number of carbonyl (C=O) groups excluding carboxylic acids is 1. The van der Waals surface area contributed by atoms with Gasteiger partial charge in [-0.2, -0.15) is 0 Å². The Balaban J connectivity index is 0.00000306. The number of hydrogen-bond acceptors (Lipinski definition) is 6. The molecule has 7 nitrogen and oxygen atoms in total. The third-order valence-corrected chi connectivity index (χ3v) is 6.88. The number of carbonyl (C=O) groups is 1. The lowest BCUT2D eigenvalue weighted by Gasteiger charge is -2.41. The molecule has 1 aliphatic rings. The number of hydrogen-bond donors (Lipinski definition) is 1. The van der Waals surface area contributed by atoms with E-state index in [1.165, 1.54) is 40.3 Å². The van der Waals surface area contributed by atoms with Crippen molar-refractivity contribution in [1.29, 1.82) is 0 Å². The molecule has 0 saturated heterocycles. The minimum absolute atomic E-state index is 0. The van der Waals surface area contributed by atoms with Crippen LogP contribution in [0.4, 0.5) is 5.69 Å². The Hall–Kier alpha value is -2.94. The highest BCUT2D eigenvalue weighted by molar-refractivity contribution is 7.10. The number of nitro benzene ring substituents is 1. The molecule has 0 bridgehead atoms. The van der Waals surface area contributed by atoms with Crippen molar-refractivity contribution in [2.24, 2.45) is 0 Å². The normalized spacial score (nSPS) is 17.5. The first-order chi connectivity index (χ1) is 15.5. The molecule has 0 radical (unpaired) electrons. The summed E-state index contributed by atoms with van der Waals surface area (Å²) in [4.78, 5) is 26.6. The fraction of sp³-hybridized carbons (Fsp3) is 0.292. The third kappa shape index (κ3) is 5.35. The van der Waals surface area contributed by atoms with Crippen LogP contribution in [0, 0.1) is 10.1 Å². The van der Waals surface area contributed by atoms with E-state index in [0.717, 1.165) is 12.2 Å². The Kier molecular flexibility index (Phi) is 8.07. The van der Waals surface area contributed by atoms with Crippen LogP contribution in [0.15, 0.2) is 60.0 Å². The van der Waals surface area contributed by atoms with Gasteiger partial charge >= 0.3 is 0 Å². The SMILES string of the molecule is COc1ccc([C@@H]2c3sccc3C[C@@H](C)N2CCNC(=O)c2ccc([N+](=O)[O-])cc2)cc1.Cl. The molecule has 2 heterocycles. The van der Waals surface area contributed by atoms with Crippen LogP contribution in [0.5, 0.6) is 5.75 Å². The number of fused-ring (bicyclic) bond motifs is 1. The number of benzene rings is 2. The number of ether oxygens (including phenoxy) is 1. The number of nitrogens with one attached hydrogen (secondary N) is 1. The van der Waals surface area contributed by atoms with Crippen molar-refractivity contribution in [2.45, 2.75) is 25.4 Å². The summed E-state index contributed by atoms with van der Waals surface area (Å²) < 4.78 is 5.32. The maximum atomic E-state index is 12.5. The minimum Gasteiger partial charge on any atom is -0.497 e. The van der Waals surface area contributed by atoms with Crippen LogP contribution in [0.25, 0.3) is 0 Å². The quantitative estimate of drug-likeness (QED) is 0.380. The molecule has 0 aliphatic carbocycles. The summed E-state index contributed by atoms with van der Waals surface area (Å²) in [5.74, 6) is 0.591. The van der Waals surface area contributed by atoms with Crippen LogP contribution < -0.4 is 10.1 Å². The van der Waals surface area contributed by atoms with Crippen LogP contribution in [0.1, 0.15) is 39.3 Å². The number of rotatable bonds is 7. The van der Waals surface area contributed by atoms with Crippen molar-refractivity contribution in [3.05, 3.63) is 91.7 Å². The van der Waals surface area contributed by atoms with Crippen LogP contribution in [-0.2, 0) is 6.42 Å². The zero-order valence-corrected chi connectivity index (χ0v) is 20.0. The van der Waals surface area contributed by atoms with Gasteiger partial charge in [0.15, 0.2) is 0 Å². The van der Waals surface area contributed by atoms with Crippen molar-refractivity contribution in [3.63, 3.8) is 0 Å². The van der Waals surface area contributed by atoms with E-state index in [1.54, 1.807) is 18.4 Å². The Morgan fingerprint density at radius 2 is 1.88 bits per heavy atom. The smallest absolute Gasteiger partial charge is 0.269 e. The largest absolute Gasteiger partial charge is 0.497 e. The van der Waals surface area contributed by atoms with Crippen LogP contribution in [-0.4, -0.2) is 42.0 Å². The molecule has 9 heteroatoms. The van der Waals surface area contributed by atoms with Crippen molar-refractivity contribution in [2.75, 3.05) is 20.2 Å². The van der Waals surface area contributed by atoms with E-state index >= 15 is 0 Å². The van der Waals surface area contributed by atoms with Crippen LogP contribution in [0.2, 0.25) is 0 Å². The van der Waals surface area contributed by atoms with E-state index in [2.05, 4.69) is 40.7 Å². The average molecular weight is 488 g/mol. The molecular formula is C24H26ClN3O4S. The molecule has 174 valence electrons. The summed E-state index contributed by atoms with van der Waals surface area (Å²) in [5.41, 5.74) is 2.96. The van der Waals surface area contributed by atoms with E-state index in [4.69, 9.17) is 4.74 Å². The predicted octanol–water partition coefficient (Wildman–Crippen LogP) is 4.85. The summed E-state index contributed by atoms with van der Waals surface area (Å²) >= 11 is 1.77.